The largest absolute Gasteiger partial charge is 0.315 e. The molecule has 1 heterocycles. The molecule has 0 bridgehead atoms. The highest BCUT2D eigenvalue weighted by Gasteiger charge is 1.95. The van der Waals surface area contributed by atoms with Crippen molar-refractivity contribution in [3.05, 3.63) is 33.2 Å². The molecule has 4 heteroatoms. The van der Waals surface area contributed by atoms with E-state index < -0.39 is 0 Å². The Balaban J connectivity index is 2.49. The van der Waals surface area contributed by atoms with Gasteiger partial charge in [-0.25, -0.2) is 0 Å². The molecule has 1 N–H and O–H groups in total. The zero-order valence-corrected chi connectivity index (χ0v) is 9.88. The van der Waals surface area contributed by atoms with E-state index in [0.717, 1.165) is 30.5 Å². The number of halogens is 1. The zero-order chi connectivity index (χ0) is 10.4. The molecule has 0 saturated heterocycles. The lowest BCUT2D eigenvalue weighted by atomic mass is 10.4. The number of hydrogen-bond donors (Lipinski definition) is 1. The Morgan fingerprint density at radius 3 is 2.93 bits per heavy atom. The van der Waals surface area contributed by atoms with Gasteiger partial charge in [-0.1, -0.05) is 6.92 Å². The Labute approximate surface area is 92.3 Å². The van der Waals surface area contributed by atoms with Gasteiger partial charge in [0.25, 0.3) is 5.56 Å². The lowest BCUT2D eigenvalue weighted by molar-refractivity contribution is 0.581. The summed E-state index contributed by atoms with van der Waals surface area (Å²) < 4.78 is 2.64. The van der Waals surface area contributed by atoms with Gasteiger partial charge in [0.05, 0.1) is 0 Å². The van der Waals surface area contributed by atoms with E-state index in [1.165, 1.54) is 0 Å². The number of aromatic nitrogens is 1. The van der Waals surface area contributed by atoms with Crippen molar-refractivity contribution < 1.29 is 0 Å². The van der Waals surface area contributed by atoms with Crippen LogP contribution >= 0.6 is 15.9 Å². The molecule has 78 valence electrons. The number of rotatable bonds is 5. The lowest BCUT2D eigenvalue weighted by Crippen LogP contribution is -2.26. The summed E-state index contributed by atoms with van der Waals surface area (Å²) in [6.45, 7) is 4.68. The summed E-state index contributed by atoms with van der Waals surface area (Å²) in [5.74, 6) is 0. The van der Waals surface area contributed by atoms with Crippen LogP contribution in [0.5, 0.6) is 0 Å². The number of nitrogens with zero attached hydrogens (tertiary/aromatic N) is 1. The van der Waals surface area contributed by atoms with Crippen LogP contribution in [-0.4, -0.2) is 17.7 Å². The molecule has 14 heavy (non-hydrogen) atoms. The minimum atomic E-state index is 0.0477. The van der Waals surface area contributed by atoms with Crippen LogP contribution in [0, 0.1) is 0 Å². The van der Waals surface area contributed by atoms with Gasteiger partial charge in [0, 0.05) is 29.8 Å². The van der Waals surface area contributed by atoms with E-state index in [2.05, 4.69) is 28.2 Å². The predicted molar refractivity (Wildman–Crippen MR) is 61.6 cm³/mol. The van der Waals surface area contributed by atoms with Crippen LogP contribution < -0.4 is 10.9 Å². The van der Waals surface area contributed by atoms with Crippen molar-refractivity contribution in [2.75, 3.05) is 13.1 Å². The maximum Gasteiger partial charge on any atom is 0.250 e. The van der Waals surface area contributed by atoms with Crippen LogP contribution in [0.15, 0.2) is 27.6 Å². The van der Waals surface area contributed by atoms with Crippen molar-refractivity contribution in [1.29, 1.82) is 0 Å². The van der Waals surface area contributed by atoms with Crippen LogP contribution in [0.2, 0.25) is 0 Å². The van der Waals surface area contributed by atoms with Crippen LogP contribution in [0.3, 0.4) is 0 Å². The quantitative estimate of drug-likeness (QED) is 0.815. The minimum absolute atomic E-state index is 0.0477. The Morgan fingerprint density at radius 1 is 1.43 bits per heavy atom. The van der Waals surface area contributed by atoms with Gasteiger partial charge in [-0.15, -0.1) is 0 Å². The van der Waals surface area contributed by atoms with E-state index in [0.29, 0.717) is 0 Å². The Morgan fingerprint density at radius 2 is 2.21 bits per heavy atom. The standard InChI is InChI=1S/C10H15BrN2O/c1-2-5-12-6-7-13-8-9(11)3-4-10(13)14/h3-4,8,12H,2,5-7H2,1H3. The molecule has 0 aliphatic carbocycles. The predicted octanol–water partition coefficient (Wildman–Crippen LogP) is 1.61. The molecule has 0 aliphatic heterocycles. The van der Waals surface area contributed by atoms with E-state index in [-0.39, 0.29) is 5.56 Å². The normalized spacial score (nSPS) is 10.4. The lowest BCUT2D eigenvalue weighted by Gasteiger charge is -2.06. The summed E-state index contributed by atoms with van der Waals surface area (Å²) in [6, 6.07) is 3.34. The van der Waals surface area contributed by atoms with Crippen molar-refractivity contribution in [3.63, 3.8) is 0 Å². The summed E-state index contributed by atoms with van der Waals surface area (Å²) in [5, 5.41) is 3.26. The summed E-state index contributed by atoms with van der Waals surface area (Å²) in [7, 11) is 0. The second kappa shape index (κ2) is 5.98. The molecular formula is C10H15BrN2O. The second-order valence-electron chi connectivity index (χ2n) is 3.13. The van der Waals surface area contributed by atoms with Crippen molar-refractivity contribution >= 4 is 15.9 Å². The molecule has 0 fully saturated rings. The molecule has 1 aromatic rings. The summed E-state index contributed by atoms with van der Waals surface area (Å²) >= 11 is 3.34. The van der Waals surface area contributed by atoms with Gasteiger partial charge in [0.1, 0.15) is 0 Å². The van der Waals surface area contributed by atoms with Crippen molar-refractivity contribution in [1.82, 2.24) is 9.88 Å². The van der Waals surface area contributed by atoms with E-state index in [4.69, 9.17) is 0 Å². The average Bonchev–Trinajstić information content (AvgIpc) is 2.18. The van der Waals surface area contributed by atoms with Gasteiger partial charge in [0.2, 0.25) is 0 Å². The smallest absolute Gasteiger partial charge is 0.250 e. The fourth-order valence-corrected chi connectivity index (χ4v) is 1.56. The van der Waals surface area contributed by atoms with Gasteiger partial charge < -0.3 is 9.88 Å². The monoisotopic (exact) mass is 258 g/mol. The highest BCUT2D eigenvalue weighted by molar-refractivity contribution is 9.10. The SMILES string of the molecule is CCCNCCn1cc(Br)ccc1=O. The van der Waals surface area contributed by atoms with E-state index in [1.807, 2.05) is 6.20 Å². The first-order valence-corrected chi connectivity index (χ1v) is 5.60. The molecule has 1 rings (SSSR count). The van der Waals surface area contributed by atoms with Crippen LogP contribution in [0.25, 0.3) is 0 Å². The molecule has 0 amide bonds. The third-order valence-electron chi connectivity index (χ3n) is 1.90. The third kappa shape index (κ3) is 3.64. The second-order valence-corrected chi connectivity index (χ2v) is 4.04. The molecular weight excluding hydrogens is 244 g/mol. The van der Waals surface area contributed by atoms with Gasteiger partial charge >= 0.3 is 0 Å². The molecule has 0 unspecified atom stereocenters. The summed E-state index contributed by atoms with van der Waals surface area (Å²) in [6.07, 6.45) is 2.93. The first-order chi connectivity index (χ1) is 6.74. The first-order valence-electron chi connectivity index (χ1n) is 4.80. The summed E-state index contributed by atoms with van der Waals surface area (Å²) in [4.78, 5) is 11.3. The zero-order valence-electron chi connectivity index (χ0n) is 8.29. The number of pyridine rings is 1. The molecule has 3 nitrogen and oxygen atoms in total. The van der Waals surface area contributed by atoms with Gasteiger partial charge in [-0.05, 0) is 35.0 Å². The maximum atomic E-state index is 11.3. The molecule has 0 aliphatic rings. The van der Waals surface area contributed by atoms with Crippen molar-refractivity contribution in [3.8, 4) is 0 Å². The maximum absolute atomic E-state index is 11.3. The van der Waals surface area contributed by atoms with Gasteiger partial charge in [-0.2, -0.15) is 0 Å². The Hall–Kier alpha value is -0.610. The third-order valence-corrected chi connectivity index (χ3v) is 2.37. The molecule has 0 spiro atoms. The minimum Gasteiger partial charge on any atom is -0.315 e. The molecule has 0 saturated carbocycles. The molecule has 0 aromatic carbocycles. The fourth-order valence-electron chi connectivity index (χ4n) is 1.18. The van der Waals surface area contributed by atoms with Crippen molar-refractivity contribution in [2.45, 2.75) is 19.9 Å². The average molecular weight is 259 g/mol. The van der Waals surface area contributed by atoms with E-state index in [1.54, 1.807) is 16.7 Å². The van der Waals surface area contributed by atoms with Gasteiger partial charge in [0.15, 0.2) is 0 Å². The number of hydrogen-bond acceptors (Lipinski definition) is 2. The van der Waals surface area contributed by atoms with Crippen molar-refractivity contribution in [2.24, 2.45) is 0 Å². The molecule has 1 aromatic heterocycles. The topological polar surface area (TPSA) is 34.0 Å². The Kier molecular flexibility index (Phi) is 4.90. The van der Waals surface area contributed by atoms with Crippen LogP contribution in [0.1, 0.15) is 13.3 Å². The van der Waals surface area contributed by atoms with Crippen LogP contribution in [-0.2, 0) is 6.54 Å². The highest BCUT2D eigenvalue weighted by Crippen LogP contribution is 2.04. The number of nitrogens with one attached hydrogen (secondary N) is 1. The highest BCUT2D eigenvalue weighted by atomic mass is 79.9. The van der Waals surface area contributed by atoms with Gasteiger partial charge in [-0.3, -0.25) is 4.79 Å². The molecule has 0 atom stereocenters. The Bertz CT molecular complexity index is 335. The first kappa shape index (κ1) is 11.5. The summed E-state index contributed by atoms with van der Waals surface area (Å²) in [5.41, 5.74) is 0.0477. The fraction of sp³-hybridized carbons (Fsp3) is 0.500. The molecule has 0 radical (unpaired) electrons. The van der Waals surface area contributed by atoms with E-state index in [9.17, 15) is 4.79 Å². The van der Waals surface area contributed by atoms with E-state index >= 15 is 0 Å². The van der Waals surface area contributed by atoms with Crippen LogP contribution in [0.4, 0.5) is 0 Å².